The quantitative estimate of drug-likeness (QED) is 0.723. The highest BCUT2D eigenvalue weighted by molar-refractivity contribution is 5.77. The van der Waals surface area contributed by atoms with Crippen LogP contribution in [-0.4, -0.2) is 42.7 Å². The van der Waals surface area contributed by atoms with Crippen molar-refractivity contribution >= 4 is 5.91 Å². The number of likely N-dealkylation sites (N-methyl/N-ethyl adjacent to an activating group) is 1. The molecule has 0 aromatic carbocycles. The Kier molecular flexibility index (Phi) is 5.01. The first-order valence-electron chi connectivity index (χ1n) is 5.23. The van der Waals surface area contributed by atoms with Gasteiger partial charge in [0.1, 0.15) is 11.5 Å². The lowest BCUT2D eigenvalue weighted by Crippen LogP contribution is -2.36. The van der Waals surface area contributed by atoms with Crippen molar-refractivity contribution in [2.45, 2.75) is 13.5 Å². The van der Waals surface area contributed by atoms with Crippen LogP contribution in [0, 0.1) is 6.92 Å². The normalized spacial score (nSPS) is 10.8. The number of aliphatic hydroxyl groups excluding tert-OH is 1. The first-order chi connectivity index (χ1) is 7.61. The Balaban J connectivity index is 2.30. The number of rotatable bonds is 6. The van der Waals surface area contributed by atoms with Crippen LogP contribution in [0.4, 0.5) is 0 Å². The SMILES string of the molecule is Cc1ccc(CN(C)CC(=O)NCCO)o1. The van der Waals surface area contributed by atoms with Gasteiger partial charge in [-0.2, -0.15) is 0 Å². The van der Waals surface area contributed by atoms with Crippen molar-refractivity contribution in [2.75, 3.05) is 26.7 Å². The van der Waals surface area contributed by atoms with E-state index < -0.39 is 0 Å². The molecule has 16 heavy (non-hydrogen) atoms. The van der Waals surface area contributed by atoms with E-state index in [0.29, 0.717) is 19.6 Å². The van der Waals surface area contributed by atoms with Gasteiger partial charge in [0, 0.05) is 6.54 Å². The average molecular weight is 226 g/mol. The standard InChI is InChI=1S/C11H18N2O3/c1-9-3-4-10(16-9)7-13(2)8-11(15)12-5-6-14/h3-4,14H,5-8H2,1-2H3,(H,12,15). The number of aliphatic hydroxyl groups is 1. The van der Waals surface area contributed by atoms with E-state index in [0.717, 1.165) is 11.5 Å². The predicted molar refractivity (Wildman–Crippen MR) is 59.9 cm³/mol. The lowest BCUT2D eigenvalue weighted by molar-refractivity contribution is -0.122. The highest BCUT2D eigenvalue weighted by Crippen LogP contribution is 2.08. The summed E-state index contributed by atoms with van der Waals surface area (Å²) in [5.74, 6) is 1.61. The van der Waals surface area contributed by atoms with Gasteiger partial charge in [-0.25, -0.2) is 0 Å². The van der Waals surface area contributed by atoms with Crippen LogP contribution in [0.1, 0.15) is 11.5 Å². The lowest BCUT2D eigenvalue weighted by Gasteiger charge is -2.14. The second kappa shape index (κ2) is 6.30. The molecule has 1 rings (SSSR count). The van der Waals surface area contributed by atoms with Gasteiger partial charge >= 0.3 is 0 Å². The second-order valence-electron chi connectivity index (χ2n) is 3.76. The van der Waals surface area contributed by atoms with Gasteiger partial charge in [0.2, 0.25) is 5.91 Å². The summed E-state index contributed by atoms with van der Waals surface area (Å²) >= 11 is 0. The Labute approximate surface area is 95.0 Å². The zero-order chi connectivity index (χ0) is 12.0. The Morgan fingerprint density at radius 2 is 2.31 bits per heavy atom. The third-order valence-electron chi connectivity index (χ3n) is 2.07. The number of furan rings is 1. The summed E-state index contributed by atoms with van der Waals surface area (Å²) in [6.07, 6.45) is 0. The van der Waals surface area contributed by atoms with Gasteiger partial charge in [-0.3, -0.25) is 9.69 Å². The van der Waals surface area contributed by atoms with Gasteiger partial charge in [-0.05, 0) is 26.1 Å². The van der Waals surface area contributed by atoms with E-state index in [-0.39, 0.29) is 12.5 Å². The van der Waals surface area contributed by atoms with E-state index >= 15 is 0 Å². The number of hydrogen-bond donors (Lipinski definition) is 2. The van der Waals surface area contributed by atoms with Crippen LogP contribution in [0.5, 0.6) is 0 Å². The topological polar surface area (TPSA) is 65.7 Å². The maximum absolute atomic E-state index is 11.3. The molecule has 0 aliphatic rings. The summed E-state index contributed by atoms with van der Waals surface area (Å²) in [4.78, 5) is 13.2. The maximum atomic E-state index is 11.3. The fraction of sp³-hybridized carbons (Fsp3) is 0.545. The summed E-state index contributed by atoms with van der Waals surface area (Å²) in [6.45, 7) is 3.04. The molecule has 0 bridgehead atoms. The summed E-state index contributed by atoms with van der Waals surface area (Å²) in [6, 6.07) is 3.80. The van der Waals surface area contributed by atoms with Crippen LogP contribution in [-0.2, 0) is 11.3 Å². The van der Waals surface area contributed by atoms with Crippen LogP contribution in [0.25, 0.3) is 0 Å². The number of nitrogens with zero attached hydrogens (tertiary/aromatic N) is 1. The van der Waals surface area contributed by atoms with E-state index in [1.165, 1.54) is 0 Å². The highest BCUT2D eigenvalue weighted by Gasteiger charge is 2.08. The third-order valence-corrected chi connectivity index (χ3v) is 2.07. The molecule has 0 saturated carbocycles. The second-order valence-corrected chi connectivity index (χ2v) is 3.76. The maximum Gasteiger partial charge on any atom is 0.234 e. The molecule has 0 unspecified atom stereocenters. The molecule has 1 aromatic heterocycles. The van der Waals surface area contributed by atoms with E-state index in [9.17, 15) is 4.79 Å². The van der Waals surface area contributed by atoms with Gasteiger partial charge in [0.05, 0.1) is 19.7 Å². The van der Waals surface area contributed by atoms with Crippen LogP contribution in [0.15, 0.2) is 16.5 Å². The molecular formula is C11H18N2O3. The van der Waals surface area contributed by atoms with E-state index in [1.807, 2.05) is 31.0 Å². The molecule has 0 atom stereocenters. The van der Waals surface area contributed by atoms with E-state index in [4.69, 9.17) is 9.52 Å². The molecule has 1 heterocycles. The van der Waals surface area contributed by atoms with Crippen molar-refractivity contribution < 1.29 is 14.3 Å². The first-order valence-corrected chi connectivity index (χ1v) is 5.23. The molecule has 0 saturated heterocycles. The summed E-state index contributed by atoms with van der Waals surface area (Å²) < 4.78 is 5.40. The lowest BCUT2D eigenvalue weighted by atomic mass is 10.4. The number of hydrogen-bond acceptors (Lipinski definition) is 4. The minimum absolute atomic E-state index is 0.0349. The summed E-state index contributed by atoms with van der Waals surface area (Å²) in [5.41, 5.74) is 0. The Bertz CT molecular complexity index is 336. The zero-order valence-corrected chi connectivity index (χ0v) is 9.69. The van der Waals surface area contributed by atoms with Gasteiger partial charge < -0.3 is 14.8 Å². The van der Waals surface area contributed by atoms with Crippen LogP contribution < -0.4 is 5.32 Å². The van der Waals surface area contributed by atoms with Gasteiger partial charge in [0.25, 0.3) is 0 Å². The Morgan fingerprint density at radius 3 is 2.88 bits per heavy atom. The van der Waals surface area contributed by atoms with Crippen molar-refractivity contribution in [3.63, 3.8) is 0 Å². The van der Waals surface area contributed by atoms with Gasteiger partial charge in [-0.1, -0.05) is 0 Å². The van der Waals surface area contributed by atoms with E-state index in [1.54, 1.807) is 0 Å². The van der Waals surface area contributed by atoms with E-state index in [2.05, 4.69) is 5.32 Å². The predicted octanol–water partition coefficient (Wildman–Crippen LogP) is 0.128. The molecule has 0 fully saturated rings. The Hall–Kier alpha value is -1.33. The molecule has 0 aliphatic heterocycles. The molecule has 5 nitrogen and oxygen atoms in total. The molecule has 1 amide bonds. The molecule has 0 spiro atoms. The summed E-state index contributed by atoms with van der Waals surface area (Å²) in [5, 5.41) is 11.1. The molecule has 0 radical (unpaired) electrons. The Morgan fingerprint density at radius 1 is 1.56 bits per heavy atom. The average Bonchev–Trinajstić information content (AvgIpc) is 2.60. The van der Waals surface area contributed by atoms with Crippen molar-refractivity contribution in [3.8, 4) is 0 Å². The highest BCUT2D eigenvalue weighted by atomic mass is 16.3. The monoisotopic (exact) mass is 226 g/mol. The summed E-state index contributed by atoms with van der Waals surface area (Å²) in [7, 11) is 1.84. The number of amides is 1. The van der Waals surface area contributed by atoms with Crippen LogP contribution >= 0.6 is 0 Å². The molecular weight excluding hydrogens is 208 g/mol. The van der Waals surface area contributed by atoms with Crippen molar-refractivity contribution in [1.29, 1.82) is 0 Å². The third kappa shape index (κ3) is 4.46. The molecule has 0 aliphatic carbocycles. The molecule has 5 heteroatoms. The van der Waals surface area contributed by atoms with Crippen molar-refractivity contribution in [1.82, 2.24) is 10.2 Å². The van der Waals surface area contributed by atoms with Crippen molar-refractivity contribution in [3.05, 3.63) is 23.7 Å². The van der Waals surface area contributed by atoms with Crippen LogP contribution in [0.2, 0.25) is 0 Å². The number of aryl methyl sites for hydroxylation is 1. The number of nitrogens with one attached hydrogen (secondary N) is 1. The minimum Gasteiger partial charge on any atom is -0.465 e. The number of carbonyl (C=O) groups excluding carboxylic acids is 1. The first kappa shape index (κ1) is 12.7. The van der Waals surface area contributed by atoms with Crippen LogP contribution in [0.3, 0.4) is 0 Å². The van der Waals surface area contributed by atoms with Gasteiger partial charge in [0.15, 0.2) is 0 Å². The molecule has 1 aromatic rings. The number of carbonyl (C=O) groups is 1. The fourth-order valence-electron chi connectivity index (χ4n) is 1.39. The van der Waals surface area contributed by atoms with Gasteiger partial charge in [-0.15, -0.1) is 0 Å². The molecule has 2 N–H and O–H groups in total. The van der Waals surface area contributed by atoms with Crippen molar-refractivity contribution in [2.24, 2.45) is 0 Å². The largest absolute Gasteiger partial charge is 0.465 e. The molecule has 90 valence electrons. The minimum atomic E-state index is -0.0974. The smallest absolute Gasteiger partial charge is 0.234 e. The zero-order valence-electron chi connectivity index (χ0n) is 9.69. The fourth-order valence-corrected chi connectivity index (χ4v) is 1.39.